The van der Waals surface area contributed by atoms with Gasteiger partial charge in [-0.2, -0.15) is 0 Å². The van der Waals surface area contributed by atoms with Gasteiger partial charge in [0.05, 0.1) is 13.2 Å². The number of fused-ring (bicyclic) bond motifs is 2. The second kappa shape index (κ2) is 12.7. The van der Waals surface area contributed by atoms with Gasteiger partial charge in [-0.3, -0.25) is 9.88 Å². The standard InChI is InChI=1S/C33H44N4O4/c1-22-25-12-9-13-27(26(25)15-17-34-22)30(32(38)41-33(2,3)4)37-20-24(21-37)40-18-8-6-7-11-23-19-29(39-5)28-14-10-16-35-31(28)36-23/h9,12-13,15,17,19,24,30H,6-8,10-11,14,16,18,20-21H2,1-5H3,(H,35,36). The van der Waals surface area contributed by atoms with E-state index >= 15 is 0 Å². The summed E-state index contributed by atoms with van der Waals surface area (Å²) in [6.45, 7) is 10.8. The number of methoxy groups -OCH3 is 1. The third kappa shape index (κ3) is 6.99. The minimum Gasteiger partial charge on any atom is -0.496 e. The van der Waals surface area contributed by atoms with Crippen molar-refractivity contribution in [3.05, 3.63) is 59.0 Å². The molecular formula is C33H44N4O4. The van der Waals surface area contributed by atoms with E-state index in [0.29, 0.717) is 13.1 Å². The first kappa shape index (κ1) is 29.3. The smallest absolute Gasteiger partial charge is 0.328 e. The maximum atomic E-state index is 13.5. The highest BCUT2D eigenvalue weighted by atomic mass is 16.6. The van der Waals surface area contributed by atoms with E-state index in [0.717, 1.165) is 91.0 Å². The van der Waals surface area contributed by atoms with Gasteiger partial charge in [-0.25, -0.2) is 9.78 Å². The Morgan fingerprint density at radius 1 is 1.15 bits per heavy atom. The van der Waals surface area contributed by atoms with Gasteiger partial charge in [-0.15, -0.1) is 0 Å². The van der Waals surface area contributed by atoms with Crippen LogP contribution in [0.3, 0.4) is 0 Å². The Labute approximate surface area is 243 Å². The highest BCUT2D eigenvalue weighted by Crippen LogP contribution is 2.35. The zero-order valence-corrected chi connectivity index (χ0v) is 25.2. The SMILES string of the molecule is COc1cc(CCCCCOC2CN(C(C(=O)OC(C)(C)C)c3cccc4c(C)nccc34)C2)nc2c1CCCN2. The lowest BCUT2D eigenvalue weighted by atomic mass is 9.94. The van der Waals surface area contributed by atoms with Crippen LogP contribution >= 0.6 is 0 Å². The van der Waals surface area contributed by atoms with Crippen LogP contribution in [0.2, 0.25) is 0 Å². The predicted octanol–water partition coefficient (Wildman–Crippen LogP) is 5.80. The van der Waals surface area contributed by atoms with Crippen molar-refractivity contribution in [3.8, 4) is 5.75 Å². The fraction of sp³-hybridized carbons (Fsp3) is 0.545. The summed E-state index contributed by atoms with van der Waals surface area (Å²) in [6.07, 6.45) is 8.14. The maximum Gasteiger partial charge on any atom is 0.328 e. The summed E-state index contributed by atoms with van der Waals surface area (Å²) in [5.74, 6) is 1.72. The number of unbranched alkanes of at least 4 members (excludes halogenated alkanes) is 2. The van der Waals surface area contributed by atoms with E-state index in [4.69, 9.17) is 19.2 Å². The molecule has 1 fully saturated rings. The van der Waals surface area contributed by atoms with Crippen molar-refractivity contribution in [1.29, 1.82) is 0 Å². The van der Waals surface area contributed by atoms with Crippen molar-refractivity contribution in [1.82, 2.24) is 14.9 Å². The highest BCUT2D eigenvalue weighted by molar-refractivity contribution is 5.92. The average molecular weight is 561 g/mol. The number of nitrogens with zero attached hydrogens (tertiary/aromatic N) is 3. The van der Waals surface area contributed by atoms with E-state index in [1.165, 1.54) is 5.56 Å². The molecule has 2 aliphatic rings. The fourth-order valence-electron chi connectivity index (χ4n) is 5.84. The van der Waals surface area contributed by atoms with Crippen molar-refractivity contribution in [2.45, 2.75) is 84.0 Å². The minimum absolute atomic E-state index is 0.121. The van der Waals surface area contributed by atoms with E-state index in [2.05, 4.69) is 27.3 Å². The molecule has 0 aliphatic carbocycles. The molecule has 1 atom stereocenters. The van der Waals surface area contributed by atoms with E-state index in [-0.39, 0.29) is 12.1 Å². The Morgan fingerprint density at radius 2 is 1.98 bits per heavy atom. The zero-order valence-electron chi connectivity index (χ0n) is 25.2. The molecule has 1 unspecified atom stereocenters. The topological polar surface area (TPSA) is 85.8 Å². The van der Waals surface area contributed by atoms with Gasteiger partial charge in [0, 0.05) is 60.8 Å². The van der Waals surface area contributed by atoms with Crippen LogP contribution in [0.15, 0.2) is 36.5 Å². The van der Waals surface area contributed by atoms with E-state index < -0.39 is 11.6 Å². The van der Waals surface area contributed by atoms with Crippen LogP contribution in [0.5, 0.6) is 5.75 Å². The lowest BCUT2D eigenvalue weighted by molar-refractivity contribution is -0.168. The Morgan fingerprint density at radius 3 is 2.76 bits per heavy atom. The molecule has 41 heavy (non-hydrogen) atoms. The summed E-state index contributed by atoms with van der Waals surface area (Å²) in [6, 6.07) is 9.71. The number of hydrogen-bond donors (Lipinski definition) is 1. The molecule has 2 aromatic heterocycles. The number of carbonyl (C=O) groups is 1. The number of rotatable bonds is 11. The third-order valence-electron chi connectivity index (χ3n) is 7.89. The van der Waals surface area contributed by atoms with Gasteiger partial charge in [-0.1, -0.05) is 24.6 Å². The predicted molar refractivity (Wildman–Crippen MR) is 162 cm³/mol. The molecule has 220 valence electrons. The third-order valence-corrected chi connectivity index (χ3v) is 7.89. The molecule has 0 radical (unpaired) electrons. The van der Waals surface area contributed by atoms with Gasteiger partial charge in [0.25, 0.3) is 0 Å². The number of esters is 1. The van der Waals surface area contributed by atoms with Gasteiger partial charge in [0.2, 0.25) is 0 Å². The number of nitrogens with one attached hydrogen (secondary N) is 1. The van der Waals surface area contributed by atoms with E-state index in [9.17, 15) is 4.79 Å². The number of aromatic nitrogens is 2. The summed E-state index contributed by atoms with van der Waals surface area (Å²) in [5.41, 5.74) is 3.64. The van der Waals surface area contributed by atoms with Crippen LogP contribution < -0.4 is 10.1 Å². The number of carbonyl (C=O) groups excluding carboxylic acids is 1. The summed E-state index contributed by atoms with van der Waals surface area (Å²) in [5, 5.41) is 5.52. The number of hydrogen-bond acceptors (Lipinski definition) is 8. The van der Waals surface area contributed by atoms with E-state index in [1.54, 1.807) is 7.11 Å². The molecule has 8 heteroatoms. The zero-order chi connectivity index (χ0) is 29.0. The molecule has 0 spiro atoms. The monoisotopic (exact) mass is 560 g/mol. The van der Waals surface area contributed by atoms with Crippen molar-refractivity contribution in [2.24, 2.45) is 0 Å². The van der Waals surface area contributed by atoms with Crippen molar-refractivity contribution in [2.75, 3.05) is 38.7 Å². The minimum atomic E-state index is -0.561. The summed E-state index contributed by atoms with van der Waals surface area (Å²) in [4.78, 5) is 24.9. The Hall–Kier alpha value is -3.23. The van der Waals surface area contributed by atoms with Gasteiger partial charge in [0.1, 0.15) is 23.2 Å². The first-order valence-electron chi connectivity index (χ1n) is 15.0. The number of likely N-dealkylation sites (tertiary alicyclic amines) is 1. The van der Waals surface area contributed by atoms with Gasteiger partial charge >= 0.3 is 5.97 Å². The molecule has 4 heterocycles. The molecule has 1 aromatic carbocycles. The number of ether oxygens (including phenoxy) is 3. The molecule has 1 N–H and O–H groups in total. The lowest BCUT2D eigenvalue weighted by Gasteiger charge is -2.43. The molecule has 0 amide bonds. The largest absolute Gasteiger partial charge is 0.496 e. The molecule has 0 bridgehead atoms. The average Bonchev–Trinajstić information content (AvgIpc) is 2.92. The first-order valence-corrected chi connectivity index (χ1v) is 15.0. The van der Waals surface area contributed by atoms with Crippen molar-refractivity contribution >= 4 is 22.6 Å². The molecular weight excluding hydrogens is 516 g/mol. The lowest BCUT2D eigenvalue weighted by Crippen LogP contribution is -2.55. The molecule has 0 saturated carbocycles. The Balaban J connectivity index is 1.12. The number of aryl methyl sites for hydroxylation is 2. The van der Waals surface area contributed by atoms with Crippen molar-refractivity contribution < 1.29 is 19.0 Å². The molecule has 1 saturated heterocycles. The highest BCUT2D eigenvalue weighted by Gasteiger charge is 2.40. The second-order valence-electron chi connectivity index (χ2n) is 12.2. The second-order valence-corrected chi connectivity index (χ2v) is 12.2. The number of benzene rings is 1. The normalized spacial score (nSPS) is 16.5. The van der Waals surface area contributed by atoms with Crippen LogP contribution in [0.1, 0.15) is 75.0 Å². The van der Waals surface area contributed by atoms with Crippen molar-refractivity contribution in [3.63, 3.8) is 0 Å². The summed E-state index contributed by atoms with van der Waals surface area (Å²) in [7, 11) is 1.74. The summed E-state index contributed by atoms with van der Waals surface area (Å²) >= 11 is 0. The maximum absolute atomic E-state index is 13.5. The number of pyridine rings is 2. The first-order chi connectivity index (χ1) is 19.7. The van der Waals surface area contributed by atoms with E-state index in [1.807, 2.05) is 52.1 Å². The summed E-state index contributed by atoms with van der Waals surface area (Å²) < 4.78 is 17.7. The van der Waals surface area contributed by atoms with Crippen LogP contribution in [0, 0.1) is 6.92 Å². The van der Waals surface area contributed by atoms with Crippen LogP contribution in [-0.2, 0) is 27.1 Å². The molecule has 2 aliphatic heterocycles. The van der Waals surface area contributed by atoms with Crippen LogP contribution in [0.25, 0.3) is 10.8 Å². The van der Waals surface area contributed by atoms with Crippen LogP contribution in [0.4, 0.5) is 5.82 Å². The van der Waals surface area contributed by atoms with Gasteiger partial charge < -0.3 is 19.5 Å². The number of anilines is 1. The Bertz CT molecular complexity index is 1350. The van der Waals surface area contributed by atoms with Crippen LogP contribution in [-0.4, -0.2) is 65.9 Å². The molecule has 5 rings (SSSR count). The molecule has 3 aromatic rings. The quantitative estimate of drug-likeness (QED) is 0.233. The Kier molecular flexibility index (Phi) is 9.09. The fourth-order valence-corrected chi connectivity index (χ4v) is 5.84. The van der Waals surface area contributed by atoms with Gasteiger partial charge in [0.15, 0.2) is 0 Å². The van der Waals surface area contributed by atoms with Gasteiger partial charge in [-0.05, 0) is 76.8 Å². The molecule has 8 nitrogen and oxygen atoms in total.